The molecule has 2 aromatic carbocycles. The number of hydrogen-bond donors (Lipinski definition) is 2. The summed E-state index contributed by atoms with van der Waals surface area (Å²) in [5.74, 6) is 0.528. The van der Waals surface area contributed by atoms with E-state index in [-0.39, 0.29) is 18.4 Å². The van der Waals surface area contributed by atoms with E-state index in [4.69, 9.17) is 4.74 Å². The quantitative estimate of drug-likeness (QED) is 0.809. The molecule has 0 saturated heterocycles. The number of nitrogens with one attached hydrogen (secondary N) is 2. The molecule has 6 nitrogen and oxygen atoms in total. The largest absolute Gasteiger partial charge is 0.497 e. The lowest BCUT2D eigenvalue weighted by molar-refractivity contribution is -0.117. The number of carbonyl (C=O) groups is 2. The van der Waals surface area contributed by atoms with Crippen LogP contribution in [0.5, 0.6) is 5.75 Å². The summed E-state index contributed by atoms with van der Waals surface area (Å²) in [6.45, 7) is 0.897. The molecular formula is C19H23N3O3. The summed E-state index contributed by atoms with van der Waals surface area (Å²) in [4.78, 5) is 25.6. The number of ether oxygens (including phenoxy) is 1. The van der Waals surface area contributed by atoms with Gasteiger partial charge in [-0.2, -0.15) is 0 Å². The highest BCUT2D eigenvalue weighted by molar-refractivity contribution is 5.96. The lowest BCUT2D eigenvalue weighted by Crippen LogP contribution is -2.29. The highest BCUT2D eigenvalue weighted by Crippen LogP contribution is 2.14. The van der Waals surface area contributed by atoms with Gasteiger partial charge in [-0.25, -0.2) is 0 Å². The lowest BCUT2D eigenvalue weighted by Gasteiger charge is -2.17. The first-order valence-electron chi connectivity index (χ1n) is 7.95. The molecule has 6 heteroatoms. The molecule has 132 valence electrons. The van der Waals surface area contributed by atoms with Gasteiger partial charge in [-0.15, -0.1) is 0 Å². The third kappa shape index (κ3) is 5.61. The van der Waals surface area contributed by atoms with Crippen LogP contribution in [0.4, 0.5) is 5.69 Å². The van der Waals surface area contributed by atoms with Crippen molar-refractivity contribution in [1.29, 1.82) is 0 Å². The van der Waals surface area contributed by atoms with Crippen molar-refractivity contribution in [1.82, 2.24) is 10.2 Å². The van der Waals surface area contributed by atoms with E-state index < -0.39 is 0 Å². The maximum Gasteiger partial charge on any atom is 0.251 e. The van der Waals surface area contributed by atoms with Gasteiger partial charge in [0.25, 0.3) is 5.91 Å². The molecule has 0 unspecified atom stereocenters. The zero-order valence-corrected chi connectivity index (χ0v) is 14.7. The van der Waals surface area contributed by atoms with Crippen molar-refractivity contribution in [2.75, 3.05) is 33.1 Å². The number of benzene rings is 2. The van der Waals surface area contributed by atoms with Crippen molar-refractivity contribution in [2.45, 2.75) is 6.54 Å². The molecule has 0 aromatic heterocycles. The van der Waals surface area contributed by atoms with E-state index in [9.17, 15) is 9.59 Å². The number of methoxy groups -OCH3 is 1. The Morgan fingerprint density at radius 3 is 2.48 bits per heavy atom. The molecule has 0 bridgehead atoms. The topological polar surface area (TPSA) is 70.7 Å². The number of anilines is 1. The monoisotopic (exact) mass is 341 g/mol. The maximum atomic E-state index is 12.2. The maximum absolute atomic E-state index is 12.2. The Morgan fingerprint density at radius 2 is 1.84 bits per heavy atom. The molecule has 0 atom stereocenters. The highest BCUT2D eigenvalue weighted by Gasteiger charge is 2.09. The second-order valence-corrected chi connectivity index (χ2v) is 5.73. The molecule has 0 aliphatic carbocycles. The van der Waals surface area contributed by atoms with Crippen LogP contribution in [0.25, 0.3) is 0 Å². The number of nitrogens with zero attached hydrogens (tertiary/aromatic N) is 1. The SMILES string of the molecule is CNC(=O)c1ccc(NC(=O)CN(C)Cc2cccc(OC)c2)cc1. The molecule has 2 amide bonds. The minimum Gasteiger partial charge on any atom is -0.497 e. The van der Waals surface area contributed by atoms with Crippen LogP contribution in [0.2, 0.25) is 0 Å². The smallest absolute Gasteiger partial charge is 0.251 e. The van der Waals surface area contributed by atoms with Crippen molar-refractivity contribution in [3.63, 3.8) is 0 Å². The Morgan fingerprint density at radius 1 is 1.12 bits per heavy atom. The predicted molar refractivity (Wildman–Crippen MR) is 97.8 cm³/mol. The molecule has 0 heterocycles. The molecule has 2 aromatic rings. The van der Waals surface area contributed by atoms with Crippen molar-refractivity contribution in [3.05, 3.63) is 59.7 Å². The second kappa shape index (κ2) is 8.84. The van der Waals surface area contributed by atoms with Gasteiger partial charge in [0.15, 0.2) is 0 Å². The van der Waals surface area contributed by atoms with Gasteiger partial charge < -0.3 is 15.4 Å². The summed E-state index contributed by atoms with van der Waals surface area (Å²) in [5, 5.41) is 5.39. The third-order valence-corrected chi connectivity index (χ3v) is 3.66. The molecule has 0 saturated carbocycles. The van der Waals surface area contributed by atoms with Crippen LogP contribution < -0.4 is 15.4 Å². The summed E-state index contributed by atoms with van der Waals surface area (Å²) in [5.41, 5.74) is 2.28. The summed E-state index contributed by atoms with van der Waals surface area (Å²) in [6, 6.07) is 14.5. The predicted octanol–water partition coefficient (Wildman–Crippen LogP) is 2.13. The normalized spacial score (nSPS) is 10.4. The standard InChI is InChI=1S/C19H23N3O3/c1-20-19(24)15-7-9-16(10-8-15)21-18(23)13-22(2)12-14-5-4-6-17(11-14)25-3/h4-11H,12-13H2,1-3H3,(H,20,24)(H,21,23). The van der Waals surface area contributed by atoms with E-state index in [0.717, 1.165) is 11.3 Å². The average molecular weight is 341 g/mol. The zero-order valence-electron chi connectivity index (χ0n) is 14.7. The van der Waals surface area contributed by atoms with Crippen LogP contribution in [-0.4, -0.2) is 44.5 Å². The minimum absolute atomic E-state index is 0.113. The van der Waals surface area contributed by atoms with Crippen LogP contribution in [0.15, 0.2) is 48.5 Å². The summed E-state index contributed by atoms with van der Waals surface area (Å²) in [7, 11) is 5.09. The number of likely N-dealkylation sites (N-methyl/N-ethyl adjacent to an activating group) is 1. The van der Waals surface area contributed by atoms with E-state index >= 15 is 0 Å². The van der Waals surface area contributed by atoms with E-state index in [2.05, 4.69) is 10.6 Å². The average Bonchev–Trinajstić information content (AvgIpc) is 2.61. The second-order valence-electron chi connectivity index (χ2n) is 5.73. The molecule has 2 rings (SSSR count). The first kappa shape index (κ1) is 18.5. The van der Waals surface area contributed by atoms with Gasteiger partial charge in [-0.3, -0.25) is 14.5 Å². The molecule has 2 N–H and O–H groups in total. The lowest BCUT2D eigenvalue weighted by atomic mass is 10.2. The Balaban J connectivity index is 1.87. The summed E-state index contributed by atoms with van der Waals surface area (Å²) < 4.78 is 5.20. The first-order valence-corrected chi connectivity index (χ1v) is 7.95. The first-order chi connectivity index (χ1) is 12.0. The molecule has 0 spiro atoms. The summed E-state index contributed by atoms with van der Waals surface area (Å²) >= 11 is 0. The van der Waals surface area contributed by atoms with Crippen molar-refractivity contribution in [2.24, 2.45) is 0 Å². The van der Waals surface area contributed by atoms with Gasteiger partial charge in [0.2, 0.25) is 5.91 Å². The Bertz CT molecular complexity index is 729. The van der Waals surface area contributed by atoms with Crippen LogP contribution in [0.3, 0.4) is 0 Å². The Hall–Kier alpha value is -2.86. The van der Waals surface area contributed by atoms with Crippen LogP contribution in [-0.2, 0) is 11.3 Å². The van der Waals surface area contributed by atoms with E-state index in [1.807, 2.05) is 36.2 Å². The Kier molecular flexibility index (Phi) is 6.54. The van der Waals surface area contributed by atoms with Gasteiger partial charge in [-0.05, 0) is 49.0 Å². The molecule has 25 heavy (non-hydrogen) atoms. The number of hydrogen-bond acceptors (Lipinski definition) is 4. The fraction of sp³-hybridized carbons (Fsp3) is 0.263. The van der Waals surface area contributed by atoms with Crippen LogP contribution >= 0.6 is 0 Å². The Labute approximate surface area is 147 Å². The molecule has 0 aliphatic rings. The van der Waals surface area contributed by atoms with Crippen molar-refractivity contribution in [3.8, 4) is 5.75 Å². The van der Waals surface area contributed by atoms with Crippen LogP contribution in [0.1, 0.15) is 15.9 Å². The van der Waals surface area contributed by atoms with E-state index in [1.54, 1.807) is 38.4 Å². The molecular weight excluding hydrogens is 318 g/mol. The zero-order chi connectivity index (χ0) is 18.2. The van der Waals surface area contributed by atoms with Gasteiger partial charge >= 0.3 is 0 Å². The van der Waals surface area contributed by atoms with Gasteiger partial charge in [0.05, 0.1) is 13.7 Å². The third-order valence-electron chi connectivity index (χ3n) is 3.66. The fourth-order valence-corrected chi connectivity index (χ4v) is 2.43. The number of amides is 2. The van der Waals surface area contributed by atoms with Crippen LogP contribution in [0, 0.1) is 0 Å². The van der Waals surface area contributed by atoms with E-state index in [0.29, 0.717) is 17.8 Å². The van der Waals surface area contributed by atoms with Gasteiger partial charge in [0.1, 0.15) is 5.75 Å². The molecule has 0 fully saturated rings. The minimum atomic E-state index is -0.157. The van der Waals surface area contributed by atoms with Gasteiger partial charge in [-0.1, -0.05) is 12.1 Å². The number of carbonyl (C=O) groups excluding carboxylic acids is 2. The highest BCUT2D eigenvalue weighted by atomic mass is 16.5. The number of rotatable bonds is 7. The van der Waals surface area contributed by atoms with Gasteiger partial charge in [0, 0.05) is 24.8 Å². The molecule has 0 radical (unpaired) electrons. The summed E-state index contributed by atoms with van der Waals surface area (Å²) in [6.07, 6.45) is 0. The van der Waals surface area contributed by atoms with Crippen molar-refractivity contribution >= 4 is 17.5 Å². The fourth-order valence-electron chi connectivity index (χ4n) is 2.43. The molecule has 0 aliphatic heterocycles. The van der Waals surface area contributed by atoms with Crippen molar-refractivity contribution < 1.29 is 14.3 Å². The van der Waals surface area contributed by atoms with E-state index in [1.165, 1.54) is 0 Å².